The van der Waals surface area contributed by atoms with Crippen molar-refractivity contribution in [3.8, 4) is 0 Å². The fraction of sp³-hybridized carbons (Fsp3) is 1.00. The summed E-state index contributed by atoms with van der Waals surface area (Å²) in [6.45, 7) is 5.51. The first-order valence-electron chi connectivity index (χ1n) is 7.04. The lowest BCUT2D eigenvalue weighted by molar-refractivity contribution is 0.0470. The van der Waals surface area contributed by atoms with Crippen LogP contribution in [0, 0.1) is 5.92 Å². The Morgan fingerprint density at radius 2 is 2.24 bits per heavy atom. The standard InChI is InChI=1S/C14H30N2S/c1-5-13-7-6-9-14(13,11-15)16(3)12(2)8-10-17-4/h12-13H,5-11,15H2,1-4H3. The average Bonchev–Trinajstić information content (AvgIpc) is 2.78. The molecule has 0 aliphatic heterocycles. The molecule has 2 N–H and O–H groups in total. The van der Waals surface area contributed by atoms with Crippen LogP contribution in [0.2, 0.25) is 0 Å². The van der Waals surface area contributed by atoms with E-state index in [-0.39, 0.29) is 5.54 Å². The van der Waals surface area contributed by atoms with Gasteiger partial charge >= 0.3 is 0 Å². The molecule has 1 fully saturated rings. The highest BCUT2D eigenvalue weighted by Crippen LogP contribution is 2.42. The van der Waals surface area contributed by atoms with Crippen LogP contribution < -0.4 is 5.73 Å². The Morgan fingerprint density at radius 3 is 2.76 bits per heavy atom. The van der Waals surface area contributed by atoms with Crippen LogP contribution in [0.1, 0.15) is 46.0 Å². The van der Waals surface area contributed by atoms with Gasteiger partial charge in [0.1, 0.15) is 0 Å². The Balaban J connectivity index is 2.71. The van der Waals surface area contributed by atoms with E-state index in [4.69, 9.17) is 5.73 Å². The fourth-order valence-electron chi connectivity index (χ4n) is 3.51. The third-order valence-corrected chi connectivity index (χ3v) is 5.52. The molecular formula is C14H30N2S. The predicted molar refractivity (Wildman–Crippen MR) is 79.6 cm³/mol. The Hall–Kier alpha value is 0.270. The third-order valence-electron chi connectivity index (χ3n) is 4.87. The van der Waals surface area contributed by atoms with Gasteiger partial charge in [-0.2, -0.15) is 11.8 Å². The van der Waals surface area contributed by atoms with Crippen molar-refractivity contribution < 1.29 is 0 Å². The molecule has 3 heteroatoms. The maximum Gasteiger partial charge on any atom is 0.0359 e. The lowest BCUT2D eigenvalue weighted by atomic mass is 9.82. The predicted octanol–water partition coefficient (Wildman–Crippen LogP) is 2.97. The summed E-state index contributed by atoms with van der Waals surface area (Å²) in [7, 11) is 2.30. The third kappa shape index (κ3) is 3.18. The zero-order valence-corrected chi connectivity index (χ0v) is 12.9. The van der Waals surface area contributed by atoms with Crippen LogP contribution in [0.25, 0.3) is 0 Å². The van der Waals surface area contributed by atoms with Crippen LogP contribution in [-0.2, 0) is 0 Å². The van der Waals surface area contributed by atoms with Crippen molar-refractivity contribution in [3.63, 3.8) is 0 Å². The first-order chi connectivity index (χ1) is 8.12. The highest BCUT2D eigenvalue weighted by molar-refractivity contribution is 7.98. The SMILES string of the molecule is CCC1CCCC1(CN)N(C)C(C)CCSC. The molecule has 2 nitrogen and oxygen atoms in total. The van der Waals surface area contributed by atoms with Gasteiger partial charge in [0.05, 0.1) is 0 Å². The quantitative estimate of drug-likeness (QED) is 0.761. The lowest BCUT2D eigenvalue weighted by Crippen LogP contribution is -2.57. The van der Waals surface area contributed by atoms with Gasteiger partial charge in [-0.3, -0.25) is 4.90 Å². The molecule has 102 valence electrons. The highest BCUT2D eigenvalue weighted by atomic mass is 32.2. The number of rotatable bonds is 7. The maximum atomic E-state index is 6.16. The molecule has 0 saturated heterocycles. The summed E-state index contributed by atoms with van der Waals surface area (Å²) in [4.78, 5) is 2.60. The molecule has 0 bridgehead atoms. The van der Waals surface area contributed by atoms with Crippen molar-refractivity contribution in [2.24, 2.45) is 11.7 Å². The highest BCUT2D eigenvalue weighted by Gasteiger charge is 2.44. The molecule has 0 aromatic rings. The number of likely N-dealkylation sites (N-methyl/N-ethyl adjacent to an activating group) is 1. The molecule has 0 amide bonds. The van der Waals surface area contributed by atoms with E-state index in [9.17, 15) is 0 Å². The zero-order valence-electron chi connectivity index (χ0n) is 12.0. The molecule has 0 heterocycles. The van der Waals surface area contributed by atoms with Gasteiger partial charge < -0.3 is 5.73 Å². The summed E-state index contributed by atoms with van der Waals surface area (Å²) >= 11 is 1.95. The minimum atomic E-state index is 0.284. The van der Waals surface area contributed by atoms with Gasteiger partial charge in [0, 0.05) is 18.1 Å². The van der Waals surface area contributed by atoms with E-state index in [0.29, 0.717) is 6.04 Å². The van der Waals surface area contributed by atoms with Gasteiger partial charge in [0.25, 0.3) is 0 Å². The summed E-state index contributed by atoms with van der Waals surface area (Å²) in [6, 6.07) is 0.651. The fourth-order valence-corrected chi connectivity index (χ4v) is 4.09. The van der Waals surface area contributed by atoms with Gasteiger partial charge in [0.2, 0.25) is 0 Å². The summed E-state index contributed by atoms with van der Waals surface area (Å²) in [6.07, 6.45) is 8.76. The van der Waals surface area contributed by atoms with E-state index in [1.54, 1.807) is 0 Å². The van der Waals surface area contributed by atoms with Gasteiger partial charge in [-0.15, -0.1) is 0 Å². The normalized spacial score (nSPS) is 31.1. The molecule has 0 aromatic carbocycles. The van der Waals surface area contributed by atoms with Gasteiger partial charge in [-0.1, -0.05) is 19.8 Å². The smallest absolute Gasteiger partial charge is 0.0359 e. The van der Waals surface area contributed by atoms with E-state index < -0.39 is 0 Å². The summed E-state index contributed by atoms with van der Waals surface area (Å²) in [5.41, 5.74) is 6.44. The second kappa shape index (κ2) is 7.01. The largest absolute Gasteiger partial charge is 0.329 e. The van der Waals surface area contributed by atoms with Crippen molar-refractivity contribution in [1.82, 2.24) is 4.90 Å². The van der Waals surface area contributed by atoms with Crippen molar-refractivity contribution in [2.75, 3.05) is 25.6 Å². The number of nitrogens with zero attached hydrogens (tertiary/aromatic N) is 1. The second-order valence-corrected chi connectivity index (χ2v) is 6.53. The second-order valence-electron chi connectivity index (χ2n) is 5.55. The van der Waals surface area contributed by atoms with Crippen molar-refractivity contribution in [2.45, 2.75) is 57.5 Å². The van der Waals surface area contributed by atoms with Crippen molar-refractivity contribution in [1.29, 1.82) is 0 Å². The van der Waals surface area contributed by atoms with E-state index in [1.807, 2.05) is 11.8 Å². The minimum Gasteiger partial charge on any atom is -0.329 e. The van der Waals surface area contributed by atoms with Crippen LogP contribution in [0.3, 0.4) is 0 Å². The summed E-state index contributed by atoms with van der Waals surface area (Å²) in [5, 5.41) is 0. The van der Waals surface area contributed by atoms with Crippen LogP contribution in [-0.4, -0.2) is 42.1 Å². The molecule has 3 atom stereocenters. The Morgan fingerprint density at radius 1 is 1.53 bits per heavy atom. The topological polar surface area (TPSA) is 29.3 Å². The number of thioether (sulfide) groups is 1. The first-order valence-corrected chi connectivity index (χ1v) is 8.43. The molecule has 17 heavy (non-hydrogen) atoms. The molecule has 0 spiro atoms. The first kappa shape index (κ1) is 15.3. The molecule has 1 aliphatic rings. The molecule has 0 aromatic heterocycles. The number of nitrogens with two attached hydrogens (primary N) is 1. The molecule has 1 aliphatic carbocycles. The number of hydrogen-bond acceptors (Lipinski definition) is 3. The minimum absolute atomic E-state index is 0.284. The van der Waals surface area contributed by atoms with E-state index in [1.165, 1.54) is 37.9 Å². The van der Waals surface area contributed by atoms with Crippen LogP contribution in [0.4, 0.5) is 0 Å². The van der Waals surface area contributed by atoms with Gasteiger partial charge in [0.15, 0.2) is 0 Å². The Bertz CT molecular complexity index is 222. The van der Waals surface area contributed by atoms with E-state index >= 15 is 0 Å². The van der Waals surface area contributed by atoms with Gasteiger partial charge in [-0.25, -0.2) is 0 Å². The van der Waals surface area contributed by atoms with Crippen molar-refractivity contribution >= 4 is 11.8 Å². The molecule has 3 unspecified atom stereocenters. The molecule has 1 saturated carbocycles. The van der Waals surface area contributed by atoms with E-state index in [2.05, 4.69) is 32.1 Å². The monoisotopic (exact) mass is 258 g/mol. The van der Waals surface area contributed by atoms with Gasteiger partial charge in [-0.05, 0) is 51.2 Å². The summed E-state index contributed by atoms with van der Waals surface area (Å²) < 4.78 is 0. The Labute approximate surface area is 112 Å². The van der Waals surface area contributed by atoms with Crippen LogP contribution >= 0.6 is 11.8 Å². The molecule has 0 radical (unpaired) electrons. The zero-order chi connectivity index (χ0) is 12.9. The average molecular weight is 258 g/mol. The van der Waals surface area contributed by atoms with Crippen LogP contribution in [0.15, 0.2) is 0 Å². The van der Waals surface area contributed by atoms with Crippen LogP contribution in [0.5, 0.6) is 0 Å². The molecular weight excluding hydrogens is 228 g/mol. The number of hydrogen-bond donors (Lipinski definition) is 1. The maximum absolute atomic E-state index is 6.16. The molecule has 1 rings (SSSR count). The lowest BCUT2D eigenvalue weighted by Gasteiger charge is -2.46. The Kier molecular flexibility index (Phi) is 6.32. The van der Waals surface area contributed by atoms with E-state index in [0.717, 1.165) is 12.5 Å². The summed E-state index contributed by atoms with van der Waals surface area (Å²) in [5.74, 6) is 2.05. The van der Waals surface area contributed by atoms with Crippen molar-refractivity contribution in [3.05, 3.63) is 0 Å².